The van der Waals surface area contributed by atoms with Crippen molar-refractivity contribution in [3.8, 4) is 0 Å². The smallest absolute Gasteiger partial charge is 0.309 e. The van der Waals surface area contributed by atoms with Gasteiger partial charge in [-0.15, -0.1) is 0 Å². The van der Waals surface area contributed by atoms with Gasteiger partial charge in [0, 0.05) is 0 Å². The van der Waals surface area contributed by atoms with Gasteiger partial charge in [0.1, 0.15) is 0 Å². The Bertz CT molecular complexity index is 191. The molecule has 0 aliphatic heterocycles. The van der Waals surface area contributed by atoms with Gasteiger partial charge in [0.2, 0.25) is 0 Å². The molecule has 0 saturated heterocycles. The summed E-state index contributed by atoms with van der Waals surface area (Å²) in [4.78, 5) is 10.6. The van der Waals surface area contributed by atoms with Gasteiger partial charge in [-0.2, -0.15) is 0 Å². The molecule has 56 valence electrons. The summed E-state index contributed by atoms with van der Waals surface area (Å²) >= 11 is 0. The molecule has 0 atom stereocenters. The fraction of sp³-hybridized carbons (Fsp3) is 0.857. The van der Waals surface area contributed by atoms with Crippen LogP contribution in [-0.2, 0) is 4.79 Å². The van der Waals surface area contributed by atoms with Crippen LogP contribution in [0.15, 0.2) is 0 Å². The minimum absolute atomic E-state index is 0.481. The Labute approximate surface area is 58.7 Å². The fourth-order valence-corrected chi connectivity index (χ4v) is 2.29. The summed E-state index contributed by atoms with van der Waals surface area (Å²) in [6.07, 6.45) is 2.31. The lowest BCUT2D eigenvalue weighted by Gasteiger charge is -2.40. The summed E-state index contributed by atoms with van der Waals surface area (Å²) < 4.78 is 0. The van der Waals surface area contributed by atoms with E-state index < -0.39 is 17.0 Å². The summed E-state index contributed by atoms with van der Waals surface area (Å²) in [5, 5.41) is 18.1. The van der Waals surface area contributed by atoms with Crippen LogP contribution in [0.4, 0.5) is 0 Å². The van der Waals surface area contributed by atoms with Crippen molar-refractivity contribution in [2.45, 2.75) is 31.3 Å². The minimum Gasteiger partial charge on any atom is -0.481 e. The molecule has 3 aliphatic rings. The van der Waals surface area contributed by atoms with E-state index in [1.165, 1.54) is 0 Å². The van der Waals surface area contributed by atoms with Crippen LogP contribution >= 0.6 is 0 Å². The first-order valence-electron chi connectivity index (χ1n) is 3.52. The summed E-state index contributed by atoms with van der Waals surface area (Å²) in [7, 11) is 0. The third-order valence-electron chi connectivity index (χ3n) is 2.86. The number of aliphatic hydroxyl groups is 1. The first-order valence-corrected chi connectivity index (χ1v) is 3.52. The van der Waals surface area contributed by atoms with Crippen molar-refractivity contribution in [3.05, 3.63) is 0 Å². The zero-order valence-electron chi connectivity index (χ0n) is 5.63. The molecule has 0 spiro atoms. The van der Waals surface area contributed by atoms with E-state index in [0.717, 1.165) is 0 Å². The standard InChI is InChI=1S/C7H10O3/c8-5(9)6-1-2-7(10,3-6)4-6/h10H,1-4H2,(H,8,9). The summed E-state index contributed by atoms with van der Waals surface area (Å²) in [5.41, 5.74) is -1.13. The number of carbonyl (C=O) groups is 1. The van der Waals surface area contributed by atoms with Crippen LogP contribution in [0.25, 0.3) is 0 Å². The quantitative estimate of drug-likeness (QED) is 0.556. The van der Waals surface area contributed by atoms with Crippen molar-refractivity contribution in [3.63, 3.8) is 0 Å². The molecule has 0 amide bonds. The van der Waals surface area contributed by atoms with Crippen LogP contribution in [0.3, 0.4) is 0 Å². The van der Waals surface area contributed by atoms with Crippen molar-refractivity contribution < 1.29 is 15.0 Å². The molecule has 2 N–H and O–H groups in total. The Morgan fingerprint density at radius 3 is 2.10 bits per heavy atom. The van der Waals surface area contributed by atoms with Crippen molar-refractivity contribution >= 4 is 5.97 Å². The minimum atomic E-state index is -0.727. The SMILES string of the molecule is O=C(O)C12CCC(O)(C1)C2. The van der Waals surface area contributed by atoms with Gasteiger partial charge in [-0.3, -0.25) is 4.79 Å². The zero-order chi connectivity index (χ0) is 7.41. The van der Waals surface area contributed by atoms with E-state index in [4.69, 9.17) is 5.11 Å². The van der Waals surface area contributed by atoms with Gasteiger partial charge in [0.15, 0.2) is 0 Å². The molecule has 0 aromatic rings. The highest BCUT2D eigenvalue weighted by molar-refractivity contribution is 5.77. The maximum Gasteiger partial charge on any atom is 0.309 e. The van der Waals surface area contributed by atoms with Crippen LogP contribution in [0.1, 0.15) is 25.7 Å². The third kappa shape index (κ3) is 0.515. The molecule has 0 radical (unpaired) electrons. The number of aliphatic carboxylic acids is 1. The number of hydrogen-bond acceptors (Lipinski definition) is 2. The van der Waals surface area contributed by atoms with E-state index in [1.54, 1.807) is 0 Å². The van der Waals surface area contributed by atoms with Gasteiger partial charge in [-0.1, -0.05) is 0 Å². The van der Waals surface area contributed by atoms with Crippen LogP contribution in [0, 0.1) is 5.41 Å². The molecule has 3 fully saturated rings. The molecule has 3 saturated carbocycles. The van der Waals surface area contributed by atoms with Crippen molar-refractivity contribution in [2.24, 2.45) is 5.41 Å². The van der Waals surface area contributed by atoms with E-state index in [2.05, 4.69) is 0 Å². The van der Waals surface area contributed by atoms with E-state index in [9.17, 15) is 9.90 Å². The Kier molecular flexibility index (Phi) is 0.844. The molecule has 0 aromatic carbocycles. The Morgan fingerprint density at radius 2 is 1.90 bits per heavy atom. The Balaban J connectivity index is 2.20. The molecule has 10 heavy (non-hydrogen) atoms. The van der Waals surface area contributed by atoms with Crippen molar-refractivity contribution in [2.75, 3.05) is 0 Å². The highest BCUT2D eigenvalue weighted by Crippen LogP contribution is 2.61. The first kappa shape index (κ1) is 6.16. The Hall–Kier alpha value is -0.570. The molecule has 3 aliphatic carbocycles. The lowest BCUT2D eigenvalue weighted by Crippen LogP contribution is -2.47. The second kappa shape index (κ2) is 1.37. The van der Waals surface area contributed by atoms with Crippen LogP contribution < -0.4 is 0 Å². The highest BCUT2D eigenvalue weighted by atomic mass is 16.4. The van der Waals surface area contributed by atoms with Gasteiger partial charge in [-0.05, 0) is 25.7 Å². The summed E-state index contributed by atoms with van der Waals surface area (Å²) in [5.74, 6) is -0.727. The molecule has 3 nitrogen and oxygen atoms in total. The maximum atomic E-state index is 10.6. The van der Waals surface area contributed by atoms with Gasteiger partial charge in [0.05, 0.1) is 11.0 Å². The number of carboxylic acid groups (broad SMARTS) is 1. The normalized spacial score (nSPS) is 50.5. The molecule has 0 unspecified atom stereocenters. The summed E-state index contributed by atoms with van der Waals surface area (Å²) in [6, 6.07) is 0. The second-order valence-electron chi connectivity index (χ2n) is 3.66. The van der Waals surface area contributed by atoms with Crippen LogP contribution in [-0.4, -0.2) is 21.8 Å². The molecule has 3 rings (SSSR count). The summed E-state index contributed by atoms with van der Waals surface area (Å²) in [6.45, 7) is 0. The van der Waals surface area contributed by atoms with Gasteiger partial charge >= 0.3 is 5.97 Å². The molecule has 0 heterocycles. The van der Waals surface area contributed by atoms with Crippen LogP contribution in [0.5, 0.6) is 0 Å². The number of hydrogen-bond donors (Lipinski definition) is 2. The lowest BCUT2D eigenvalue weighted by molar-refractivity contribution is -0.163. The Morgan fingerprint density at radius 1 is 1.30 bits per heavy atom. The van der Waals surface area contributed by atoms with Gasteiger partial charge in [0.25, 0.3) is 0 Å². The number of fused-ring (bicyclic) bond motifs is 1. The molecule has 2 bridgehead atoms. The maximum absolute atomic E-state index is 10.6. The number of carboxylic acids is 1. The molecule has 3 heteroatoms. The number of rotatable bonds is 1. The van der Waals surface area contributed by atoms with Crippen LogP contribution in [0.2, 0.25) is 0 Å². The van der Waals surface area contributed by atoms with Crippen molar-refractivity contribution in [1.82, 2.24) is 0 Å². The van der Waals surface area contributed by atoms with E-state index in [-0.39, 0.29) is 0 Å². The topological polar surface area (TPSA) is 57.5 Å². The average Bonchev–Trinajstić information content (AvgIpc) is 2.19. The predicted octanol–water partition coefficient (Wildman–Crippen LogP) is 0.376. The van der Waals surface area contributed by atoms with Gasteiger partial charge < -0.3 is 10.2 Å². The third-order valence-corrected chi connectivity index (χ3v) is 2.86. The van der Waals surface area contributed by atoms with E-state index in [0.29, 0.717) is 25.7 Å². The predicted molar refractivity (Wildman–Crippen MR) is 33.5 cm³/mol. The fourth-order valence-electron chi connectivity index (χ4n) is 2.29. The molecular formula is C7H10O3. The molecule has 0 aromatic heterocycles. The molecular weight excluding hydrogens is 132 g/mol. The highest BCUT2D eigenvalue weighted by Gasteiger charge is 2.64. The second-order valence-corrected chi connectivity index (χ2v) is 3.66. The van der Waals surface area contributed by atoms with Gasteiger partial charge in [-0.25, -0.2) is 0 Å². The van der Waals surface area contributed by atoms with E-state index >= 15 is 0 Å². The van der Waals surface area contributed by atoms with Crippen molar-refractivity contribution in [1.29, 1.82) is 0 Å². The zero-order valence-corrected chi connectivity index (χ0v) is 5.63. The average molecular weight is 142 g/mol. The van der Waals surface area contributed by atoms with E-state index in [1.807, 2.05) is 0 Å². The monoisotopic (exact) mass is 142 g/mol. The lowest BCUT2D eigenvalue weighted by atomic mass is 9.67. The first-order chi connectivity index (χ1) is 4.56. The largest absolute Gasteiger partial charge is 0.481 e.